The van der Waals surface area contributed by atoms with Gasteiger partial charge in [-0.2, -0.15) is 0 Å². The summed E-state index contributed by atoms with van der Waals surface area (Å²) in [7, 11) is 0. The average Bonchev–Trinajstić information content (AvgIpc) is 3.54. The van der Waals surface area contributed by atoms with Crippen molar-refractivity contribution in [2.24, 2.45) is 11.8 Å². The maximum atomic E-state index is 13.9. The Labute approximate surface area is 226 Å². The van der Waals surface area contributed by atoms with E-state index in [1.165, 1.54) is 0 Å². The number of nitrogens with one attached hydrogen (secondary N) is 2. The predicted octanol–water partition coefficient (Wildman–Crippen LogP) is 3.46. The minimum Gasteiger partial charge on any atom is -0.494 e. The van der Waals surface area contributed by atoms with Crippen LogP contribution in [0, 0.1) is 11.8 Å². The van der Waals surface area contributed by atoms with Crippen LogP contribution in [-0.2, 0) is 19.1 Å². The number of halogens is 1. The van der Waals surface area contributed by atoms with E-state index in [-0.39, 0.29) is 30.9 Å². The lowest BCUT2D eigenvalue weighted by Gasteiger charge is -2.33. The summed E-state index contributed by atoms with van der Waals surface area (Å²) in [5.41, 5.74) is 0.0649. The lowest BCUT2D eigenvalue weighted by molar-refractivity contribution is -0.139. The minimum atomic E-state index is -1.09. The molecule has 38 heavy (non-hydrogen) atoms. The largest absolute Gasteiger partial charge is 0.494 e. The zero-order chi connectivity index (χ0) is 26.9. The van der Waals surface area contributed by atoms with Crippen LogP contribution < -0.4 is 15.4 Å². The third-order valence-corrected chi connectivity index (χ3v) is 7.95. The highest BCUT2D eigenvalue weighted by Gasteiger charge is 2.74. The fraction of sp³-hybridized carbons (Fsp3) is 0.464. The van der Waals surface area contributed by atoms with E-state index >= 15 is 0 Å². The minimum absolute atomic E-state index is 0.00999. The van der Waals surface area contributed by atoms with E-state index in [4.69, 9.17) is 21.1 Å². The predicted molar refractivity (Wildman–Crippen MR) is 142 cm³/mol. The van der Waals surface area contributed by atoms with Gasteiger partial charge in [-0.1, -0.05) is 11.6 Å². The molecule has 2 unspecified atom stereocenters. The van der Waals surface area contributed by atoms with E-state index in [1.807, 2.05) is 6.92 Å². The monoisotopic (exact) mass is 541 g/mol. The second-order valence-corrected chi connectivity index (χ2v) is 10.4. The number of rotatable bonds is 10. The van der Waals surface area contributed by atoms with Crippen LogP contribution in [0.3, 0.4) is 0 Å². The van der Waals surface area contributed by atoms with Gasteiger partial charge in [-0.3, -0.25) is 14.4 Å². The molecule has 3 heterocycles. The number of hydrogen-bond donors (Lipinski definition) is 3. The molecule has 10 heteroatoms. The number of anilines is 2. The lowest BCUT2D eigenvalue weighted by Crippen LogP contribution is -2.53. The van der Waals surface area contributed by atoms with E-state index < -0.39 is 29.6 Å². The molecule has 202 valence electrons. The molecule has 5 atom stereocenters. The Morgan fingerprint density at radius 3 is 2.39 bits per heavy atom. The number of amides is 3. The van der Waals surface area contributed by atoms with Gasteiger partial charge in [0.25, 0.3) is 0 Å². The SMILES string of the molecule is CCOc1ccc(NC(=O)[C@@H]2[C@@H]3CCC4(O3)C(C(=O)Nc3ccc(Cl)cc3)N(CCCCO)C(=O)[C@H]24)cc1. The van der Waals surface area contributed by atoms with Gasteiger partial charge < -0.3 is 30.1 Å². The molecule has 0 radical (unpaired) electrons. The number of carbonyl (C=O) groups is 3. The highest BCUT2D eigenvalue weighted by molar-refractivity contribution is 6.30. The van der Waals surface area contributed by atoms with Crippen molar-refractivity contribution in [1.29, 1.82) is 0 Å². The number of likely N-dealkylation sites (tertiary alicyclic amines) is 1. The normalized spacial score (nSPS) is 27.3. The van der Waals surface area contributed by atoms with E-state index in [9.17, 15) is 19.5 Å². The fourth-order valence-corrected chi connectivity index (χ4v) is 6.28. The van der Waals surface area contributed by atoms with Crippen LogP contribution in [0.1, 0.15) is 32.6 Å². The van der Waals surface area contributed by atoms with Crippen LogP contribution in [-0.4, -0.2) is 65.2 Å². The van der Waals surface area contributed by atoms with Gasteiger partial charge in [0.05, 0.1) is 24.5 Å². The molecule has 3 fully saturated rings. The van der Waals surface area contributed by atoms with Crippen molar-refractivity contribution in [3.63, 3.8) is 0 Å². The third kappa shape index (κ3) is 4.74. The third-order valence-electron chi connectivity index (χ3n) is 7.70. The molecule has 3 saturated heterocycles. The summed E-state index contributed by atoms with van der Waals surface area (Å²) >= 11 is 5.99. The smallest absolute Gasteiger partial charge is 0.250 e. The van der Waals surface area contributed by atoms with Crippen molar-refractivity contribution in [3.05, 3.63) is 53.6 Å². The first kappa shape index (κ1) is 26.5. The molecule has 1 spiro atoms. The summed E-state index contributed by atoms with van der Waals surface area (Å²) in [4.78, 5) is 42.6. The fourth-order valence-electron chi connectivity index (χ4n) is 6.16. The van der Waals surface area contributed by atoms with Crippen LogP contribution in [0.2, 0.25) is 5.02 Å². The number of carbonyl (C=O) groups excluding carboxylic acids is 3. The maximum absolute atomic E-state index is 13.9. The van der Waals surface area contributed by atoms with Crippen LogP contribution >= 0.6 is 11.6 Å². The maximum Gasteiger partial charge on any atom is 0.250 e. The highest BCUT2D eigenvalue weighted by Crippen LogP contribution is 2.58. The Balaban J connectivity index is 1.40. The summed E-state index contributed by atoms with van der Waals surface area (Å²) in [6.45, 7) is 2.72. The molecule has 3 N–H and O–H groups in total. The van der Waals surface area contributed by atoms with Gasteiger partial charge in [-0.15, -0.1) is 0 Å². The van der Waals surface area contributed by atoms with Crippen molar-refractivity contribution in [2.75, 3.05) is 30.4 Å². The van der Waals surface area contributed by atoms with E-state index in [1.54, 1.807) is 53.4 Å². The molecule has 2 bridgehead atoms. The number of fused-ring (bicyclic) bond motifs is 1. The van der Waals surface area contributed by atoms with Gasteiger partial charge >= 0.3 is 0 Å². The molecule has 0 aliphatic carbocycles. The standard InChI is InChI=1S/C28H32ClN3O6/c1-2-37-20-11-9-19(10-12-20)30-25(34)22-21-13-14-28(38-21)23(22)27(36)32(15-3-4-16-33)24(28)26(35)31-18-7-5-17(29)6-8-18/h5-12,21-24,33H,2-4,13-16H2,1H3,(H,30,34)(H,31,35)/t21-,22+,23-,24?,28?/m0/s1. The van der Waals surface area contributed by atoms with E-state index in [2.05, 4.69) is 10.6 Å². The number of aliphatic hydroxyl groups excluding tert-OH is 1. The number of ether oxygens (including phenoxy) is 2. The zero-order valence-electron chi connectivity index (χ0n) is 21.2. The number of aliphatic hydroxyl groups is 1. The number of nitrogens with zero attached hydrogens (tertiary/aromatic N) is 1. The molecule has 2 aromatic rings. The van der Waals surface area contributed by atoms with Crippen molar-refractivity contribution in [1.82, 2.24) is 4.90 Å². The van der Waals surface area contributed by atoms with E-state index in [0.29, 0.717) is 54.4 Å². The van der Waals surface area contributed by atoms with Crippen molar-refractivity contribution < 1.29 is 29.0 Å². The topological polar surface area (TPSA) is 117 Å². The van der Waals surface area contributed by atoms with Gasteiger partial charge in [0.1, 0.15) is 17.4 Å². The zero-order valence-corrected chi connectivity index (χ0v) is 21.9. The second kappa shape index (κ2) is 10.9. The Kier molecular flexibility index (Phi) is 7.61. The Bertz CT molecular complexity index is 1190. The molecule has 5 rings (SSSR count). The van der Waals surface area contributed by atoms with Gasteiger partial charge in [0, 0.05) is 29.5 Å². The highest BCUT2D eigenvalue weighted by atomic mass is 35.5. The quantitative estimate of drug-likeness (QED) is 0.397. The average molecular weight is 542 g/mol. The Hall–Kier alpha value is -3.14. The van der Waals surface area contributed by atoms with Crippen molar-refractivity contribution in [2.45, 2.75) is 50.4 Å². The number of unbranched alkanes of at least 4 members (excludes halogenated alkanes) is 1. The molecule has 3 aliphatic rings. The summed E-state index contributed by atoms with van der Waals surface area (Å²) in [5, 5.41) is 15.7. The van der Waals surface area contributed by atoms with Crippen molar-refractivity contribution >= 4 is 40.7 Å². The summed E-state index contributed by atoms with van der Waals surface area (Å²) in [5.74, 6) is -1.69. The lowest BCUT2D eigenvalue weighted by atomic mass is 9.70. The molecule has 3 amide bonds. The van der Waals surface area contributed by atoms with Crippen LogP contribution in [0.4, 0.5) is 11.4 Å². The number of hydrogen-bond acceptors (Lipinski definition) is 6. The van der Waals surface area contributed by atoms with Gasteiger partial charge in [0.2, 0.25) is 17.7 Å². The van der Waals surface area contributed by atoms with Gasteiger partial charge in [0.15, 0.2) is 0 Å². The molecule has 2 aromatic carbocycles. The molecule has 0 saturated carbocycles. The molecular weight excluding hydrogens is 510 g/mol. The van der Waals surface area contributed by atoms with Crippen LogP contribution in [0.25, 0.3) is 0 Å². The second-order valence-electron chi connectivity index (χ2n) is 9.96. The first-order valence-corrected chi connectivity index (χ1v) is 13.4. The van der Waals surface area contributed by atoms with E-state index in [0.717, 1.165) is 0 Å². The Morgan fingerprint density at radius 1 is 1.08 bits per heavy atom. The van der Waals surface area contributed by atoms with Crippen LogP contribution in [0.5, 0.6) is 5.75 Å². The number of benzene rings is 2. The Morgan fingerprint density at radius 2 is 1.74 bits per heavy atom. The molecule has 0 aromatic heterocycles. The van der Waals surface area contributed by atoms with Crippen LogP contribution in [0.15, 0.2) is 48.5 Å². The first-order valence-electron chi connectivity index (χ1n) is 13.1. The summed E-state index contributed by atoms with van der Waals surface area (Å²) in [6.07, 6.45) is 1.67. The first-order chi connectivity index (χ1) is 18.4. The van der Waals surface area contributed by atoms with Gasteiger partial charge in [-0.25, -0.2) is 0 Å². The van der Waals surface area contributed by atoms with Crippen molar-refractivity contribution in [3.8, 4) is 5.75 Å². The summed E-state index contributed by atoms with van der Waals surface area (Å²) in [6, 6.07) is 12.9. The summed E-state index contributed by atoms with van der Waals surface area (Å²) < 4.78 is 11.9. The molecule has 3 aliphatic heterocycles. The molecule has 9 nitrogen and oxygen atoms in total. The molecular formula is C28H32ClN3O6. The van der Waals surface area contributed by atoms with Gasteiger partial charge in [-0.05, 0) is 81.1 Å².